The van der Waals surface area contributed by atoms with Gasteiger partial charge in [0.2, 0.25) is 0 Å². The molecular weight excluding hydrogens is 237 g/mol. The van der Waals surface area contributed by atoms with E-state index in [-0.39, 0.29) is 35.6 Å². The van der Waals surface area contributed by atoms with Gasteiger partial charge in [-0.3, -0.25) is 15.5 Å². The van der Waals surface area contributed by atoms with Crippen molar-refractivity contribution in [1.29, 1.82) is 0 Å². The molecule has 0 saturated heterocycles. The molecule has 0 aromatic heterocycles. The monoisotopic (exact) mass is 249 g/mol. The fourth-order valence-electron chi connectivity index (χ4n) is 0.879. The van der Waals surface area contributed by atoms with E-state index < -0.39 is 0 Å². The van der Waals surface area contributed by atoms with Crippen LogP contribution in [0.15, 0.2) is 30.4 Å². The van der Waals surface area contributed by atoms with Gasteiger partial charge in [-0.15, -0.1) is 13.0 Å². The van der Waals surface area contributed by atoms with Crippen molar-refractivity contribution in [2.45, 2.75) is 19.3 Å². The van der Waals surface area contributed by atoms with Crippen molar-refractivity contribution in [1.82, 2.24) is 0 Å². The third-order valence-corrected chi connectivity index (χ3v) is 1.38. The molecule has 0 amide bonds. The second-order valence-corrected chi connectivity index (χ2v) is 2.14. The molecule has 1 aliphatic rings. The minimum absolute atomic E-state index is 0. The minimum Gasteiger partial charge on any atom is -0.269 e. The summed E-state index contributed by atoms with van der Waals surface area (Å²) in [7, 11) is 0. The summed E-state index contributed by atoms with van der Waals surface area (Å²) in [5, 5.41) is 0. The maximum atomic E-state index is 3.66. The zero-order valence-corrected chi connectivity index (χ0v) is 9.34. The van der Waals surface area contributed by atoms with Crippen LogP contribution in [0.2, 0.25) is 0 Å². The molecule has 0 aromatic carbocycles. The molecule has 0 saturated carbocycles. The first kappa shape index (κ1) is 17.9. The van der Waals surface area contributed by atoms with Crippen LogP contribution in [0.1, 0.15) is 19.3 Å². The van der Waals surface area contributed by atoms with Gasteiger partial charge in [0.15, 0.2) is 0 Å². The van der Waals surface area contributed by atoms with Gasteiger partial charge in [-0.05, 0) is 6.42 Å². The quantitative estimate of drug-likeness (QED) is 0.534. The van der Waals surface area contributed by atoms with Crippen molar-refractivity contribution in [3.8, 4) is 0 Å². The number of hydrogen-bond donors (Lipinski definition) is 0. The predicted octanol–water partition coefficient (Wildman–Crippen LogP) is 2.94. The molecule has 0 aliphatic heterocycles. The zero-order valence-electron chi connectivity index (χ0n) is 6.88. The third kappa shape index (κ3) is 6.66. The molecule has 0 radical (unpaired) electrons. The summed E-state index contributed by atoms with van der Waals surface area (Å²) in [6, 6.07) is 0. The second-order valence-electron chi connectivity index (χ2n) is 2.14. The van der Waals surface area contributed by atoms with Crippen molar-refractivity contribution in [2.75, 3.05) is 0 Å². The average Bonchev–Trinajstić information content (AvgIpc) is 2.34. The van der Waals surface area contributed by atoms with Crippen molar-refractivity contribution in [2.24, 2.45) is 0 Å². The Labute approximate surface area is 91.3 Å². The smallest absolute Gasteiger partial charge is 0 e. The van der Waals surface area contributed by atoms with Crippen LogP contribution in [0.3, 0.4) is 0 Å². The van der Waals surface area contributed by atoms with Crippen molar-refractivity contribution >= 4 is 0 Å². The van der Waals surface area contributed by atoms with E-state index in [1.165, 1.54) is 5.57 Å². The Morgan fingerprint density at radius 1 is 1.50 bits per heavy atom. The number of rotatable bonds is 3. The molecule has 1 aliphatic carbocycles. The molecule has 0 aromatic rings. The molecule has 0 fully saturated rings. The molecule has 0 bridgehead atoms. The van der Waals surface area contributed by atoms with Crippen LogP contribution in [-0.4, -0.2) is 0 Å². The average molecular weight is 250 g/mol. The first-order valence-corrected chi connectivity index (χ1v) is 3.30. The van der Waals surface area contributed by atoms with Crippen molar-refractivity contribution < 1.29 is 35.6 Å². The summed E-state index contributed by atoms with van der Waals surface area (Å²) in [4.78, 5) is 0. The van der Waals surface area contributed by atoms with Crippen molar-refractivity contribution in [3.63, 3.8) is 0 Å². The van der Waals surface area contributed by atoms with E-state index >= 15 is 0 Å². The maximum Gasteiger partial charge on any atom is 0 e. The van der Waals surface area contributed by atoms with Gasteiger partial charge in [0.25, 0.3) is 0 Å². The van der Waals surface area contributed by atoms with Crippen LogP contribution in [0.5, 0.6) is 0 Å². The second kappa shape index (κ2) is 11.0. The molecule has 0 atom stereocenters. The Balaban J connectivity index is -0.000000270. The predicted molar refractivity (Wildman–Crippen MR) is 45.0 cm³/mol. The standard InChI is InChI=1S/C9H11.2FH.Zr/c1-2-3-6-9-7-4-5-8-9;;;/h2,4,7H,1,3,5-6H2;2*1H;/q-1;;;. The number of allylic oxidation sites excluding steroid dienone is 5. The van der Waals surface area contributed by atoms with Crippen LogP contribution in [0.25, 0.3) is 0 Å². The Kier molecular flexibility index (Phi) is 16.4. The molecule has 0 heterocycles. The Morgan fingerprint density at radius 3 is 2.58 bits per heavy atom. The molecule has 68 valence electrons. The van der Waals surface area contributed by atoms with Gasteiger partial charge < -0.3 is 0 Å². The van der Waals surface area contributed by atoms with Gasteiger partial charge in [-0.1, -0.05) is 12.5 Å². The third-order valence-electron chi connectivity index (χ3n) is 1.38. The van der Waals surface area contributed by atoms with Crippen LogP contribution < -0.4 is 0 Å². The van der Waals surface area contributed by atoms with Gasteiger partial charge in [-0.25, -0.2) is 11.6 Å². The van der Waals surface area contributed by atoms with Crippen LogP contribution >= 0.6 is 0 Å². The first-order chi connectivity index (χ1) is 4.43. The zero-order chi connectivity index (χ0) is 6.53. The van der Waals surface area contributed by atoms with Crippen LogP contribution in [-0.2, 0) is 26.2 Å². The van der Waals surface area contributed by atoms with E-state index in [1.807, 2.05) is 6.08 Å². The van der Waals surface area contributed by atoms with Crippen molar-refractivity contribution in [3.05, 3.63) is 36.5 Å². The Bertz CT molecular complexity index is 162. The van der Waals surface area contributed by atoms with E-state index in [0.717, 1.165) is 19.3 Å². The van der Waals surface area contributed by atoms with Gasteiger partial charge in [-0.2, -0.15) is 6.08 Å². The van der Waals surface area contributed by atoms with Gasteiger partial charge in [0.05, 0.1) is 0 Å². The topological polar surface area (TPSA) is 0 Å². The summed E-state index contributed by atoms with van der Waals surface area (Å²) in [6.07, 6.45) is 12.7. The number of halogens is 2. The fourth-order valence-corrected chi connectivity index (χ4v) is 0.879. The van der Waals surface area contributed by atoms with E-state index in [2.05, 4.69) is 24.8 Å². The molecule has 3 heteroatoms. The SMILES string of the molecule is C=CCCC1=[C-]CC=C1.F.F.[Zr]. The minimum atomic E-state index is 0. The summed E-state index contributed by atoms with van der Waals surface area (Å²) in [5.41, 5.74) is 1.34. The van der Waals surface area contributed by atoms with Gasteiger partial charge in [0, 0.05) is 26.2 Å². The number of hydrogen-bond acceptors (Lipinski definition) is 0. The Morgan fingerprint density at radius 2 is 2.17 bits per heavy atom. The van der Waals surface area contributed by atoms with Crippen LogP contribution in [0.4, 0.5) is 9.41 Å². The fraction of sp³-hybridized carbons (Fsp3) is 0.333. The molecule has 0 N–H and O–H groups in total. The largest absolute Gasteiger partial charge is 0.269 e. The molecule has 12 heavy (non-hydrogen) atoms. The van der Waals surface area contributed by atoms with E-state index in [0.29, 0.717) is 0 Å². The Hall–Kier alpha value is -0.0369. The van der Waals surface area contributed by atoms with Gasteiger partial charge in [0.1, 0.15) is 0 Å². The summed E-state index contributed by atoms with van der Waals surface area (Å²) < 4.78 is 0. The summed E-state index contributed by atoms with van der Waals surface area (Å²) >= 11 is 0. The summed E-state index contributed by atoms with van der Waals surface area (Å²) in [5.74, 6) is 0. The first-order valence-electron chi connectivity index (χ1n) is 3.30. The normalized spacial score (nSPS) is 11.8. The van der Waals surface area contributed by atoms with Crippen LogP contribution in [0, 0.1) is 6.08 Å². The maximum absolute atomic E-state index is 3.66. The molecular formula is C9H13F2Zr-. The van der Waals surface area contributed by atoms with Gasteiger partial charge >= 0.3 is 0 Å². The molecule has 0 unspecified atom stereocenters. The molecule has 0 spiro atoms. The summed E-state index contributed by atoms with van der Waals surface area (Å²) in [6.45, 7) is 3.66. The molecule has 0 nitrogen and oxygen atoms in total. The molecule has 1 rings (SSSR count). The van der Waals surface area contributed by atoms with E-state index in [4.69, 9.17) is 0 Å². The van der Waals surface area contributed by atoms with E-state index in [1.54, 1.807) is 0 Å². The van der Waals surface area contributed by atoms with E-state index in [9.17, 15) is 0 Å².